The lowest BCUT2D eigenvalue weighted by molar-refractivity contribution is 0.769. The molecule has 0 N–H and O–H groups in total. The van der Waals surface area contributed by atoms with Crippen molar-refractivity contribution in [3.8, 4) is 6.07 Å². The van der Waals surface area contributed by atoms with Crippen LogP contribution in [-0.2, 0) is 13.0 Å². The zero-order valence-electron chi connectivity index (χ0n) is 10.8. The number of benzene rings is 2. The van der Waals surface area contributed by atoms with E-state index >= 15 is 0 Å². The van der Waals surface area contributed by atoms with Crippen molar-refractivity contribution in [1.29, 1.82) is 5.26 Å². The Morgan fingerprint density at radius 3 is 2.60 bits per heavy atom. The third kappa shape index (κ3) is 2.54. The van der Waals surface area contributed by atoms with Gasteiger partial charge in [0, 0.05) is 10.1 Å². The van der Waals surface area contributed by atoms with Crippen molar-refractivity contribution in [2.24, 2.45) is 0 Å². The van der Waals surface area contributed by atoms with Gasteiger partial charge < -0.3 is 4.57 Å². The van der Waals surface area contributed by atoms with Gasteiger partial charge in [0.25, 0.3) is 0 Å². The van der Waals surface area contributed by atoms with Crippen LogP contribution < -0.4 is 0 Å². The van der Waals surface area contributed by atoms with Crippen molar-refractivity contribution in [3.05, 3.63) is 63.5 Å². The van der Waals surface area contributed by atoms with Gasteiger partial charge in [0.1, 0.15) is 5.82 Å². The first kappa shape index (κ1) is 13.1. The second-order valence-corrected chi connectivity index (χ2v) is 5.81. The maximum absolute atomic E-state index is 8.97. The Morgan fingerprint density at radius 1 is 1.10 bits per heavy atom. The molecule has 20 heavy (non-hydrogen) atoms. The van der Waals surface area contributed by atoms with Crippen molar-refractivity contribution in [3.63, 3.8) is 0 Å². The Kier molecular flexibility index (Phi) is 3.70. The molecule has 0 radical (unpaired) electrons. The fourth-order valence-electron chi connectivity index (χ4n) is 2.28. The summed E-state index contributed by atoms with van der Waals surface area (Å²) < 4.78 is 3.35. The fourth-order valence-corrected chi connectivity index (χ4v) is 2.64. The number of para-hydroxylation sites is 2. The van der Waals surface area contributed by atoms with Crippen molar-refractivity contribution < 1.29 is 0 Å². The van der Waals surface area contributed by atoms with E-state index in [1.54, 1.807) is 0 Å². The van der Waals surface area contributed by atoms with Gasteiger partial charge in [0.2, 0.25) is 0 Å². The molecule has 0 saturated carbocycles. The molecule has 0 aliphatic rings. The zero-order chi connectivity index (χ0) is 13.9. The molecular weight excluding hydrogens is 361 g/mol. The molecule has 0 unspecified atom stereocenters. The molecule has 0 saturated heterocycles. The predicted molar refractivity (Wildman–Crippen MR) is 87.3 cm³/mol. The van der Waals surface area contributed by atoms with E-state index in [0.29, 0.717) is 6.42 Å². The standard InChI is InChI=1S/C16H12IN3/c17-13-7-5-12(6-8-13)11-20-15-4-2-1-3-14(15)19-16(20)9-10-18/h1-8H,9,11H2. The maximum atomic E-state index is 8.97. The van der Waals surface area contributed by atoms with E-state index in [0.717, 1.165) is 23.4 Å². The van der Waals surface area contributed by atoms with Gasteiger partial charge in [-0.15, -0.1) is 0 Å². The lowest BCUT2D eigenvalue weighted by atomic mass is 10.2. The van der Waals surface area contributed by atoms with Crippen LogP contribution in [0.25, 0.3) is 11.0 Å². The maximum Gasteiger partial charge on any atom is 0.124 e. The second-order valence-electron chi connectivity index (χ2n) is 4.56. The van der Waals surface area contributed by atoms with Crippen LogP contribution in [0.15, 0.2) is 48.5 Å². The number of nitrogens with zero attached hydrogens (tertiary/aromatic N) is 3. The van der Waals surface area contributed by atoms with E-state index in [-0.39, 0.29) is 0 Å². The monoisotopic (exact) mass is 373 g/mol. The van der Waals surface area contributed by atoms with Gasteiger partial charge in [-0.05, 0) is 52.4 Å². The normalized spacial score (nSPS) is 10.6. The third-order valence-electron chi connectivity index (χ3n) is 3.22. The van der Waals surface area contributed by atoms with E-state index in [4.69, 9.17) is 5.26 Å². The fraction of sp³-hybridized carbons (Fsp3) is 0.125. The van der Waals surface area contributed by atoms with Gasteiger partial charge >= 0.3 is 0 Å². The van der Waals surface area contributed by atoms with Gasteiger partial charge in [0.05, 0.1) is 23.5 Å². The summed E-state index contributed by atoms with van der Waals surface area (Å²) in [6, 6.07) is 18.6. The largest absolute Gasteiger partial charge is 0.323 e. The summed E-state index contributed by atoms with van der Waals surface area (Å²) in [5.41, 5.74) is 3.24. The Balaban J connectivity index is 2.06. The summed E-state index contributed by atoms with van der Waals surface area (Å²) in [6.07, 6.45) is 0.332. The summed E-state index contributed by atoms with van der Waals surface area (Å²) in [4.78, 5) is 4.56. The Morgan fingerprint density at radius 2 is 1.85 bits per heavy atom. The van der Waals surface area contributed by atoms with E-state index in [9.17, 15) is 0 Å². The molecule has 1 heterocycles. The summed E-state index contributed by atoms with van der Waals surface area (Å²) >= 11 is 2.30. The first-order chi connectivity index (χ1) is 9.78. The third-order valence-corrected chi connectivity index (χ3v) is 3.94. The molecule has 0 bridgehead atoms. The molecule has 0 fully saturated rings. The number of rotatable bonds is 3. The van der Waals surface area contributed by atoms with E-state index in [1.165, 1.54) is 9.13 Å². The number of hydrogen-bond acceptors (Lipinski definition) is 2. The van der Waals surface area contributed by atoms with Crippen molar-refractivity contribution in [1.82, 2.24) is 9.55 Å². The molecule has 4 heteroatoms. The highest BCUT2D eigenvalue weighted by Gasteiger charge is 2.10. The number of nitriles is 1. The Bertz CT molecular complexity index is 782. The minimum atomic E-state index is 0.332. The highest BCUT2D eigenvalue weighted by atomic mass is 127. The molecule has 0 aliphatic heterocycles. The van der Waals surface area contributed by atoms with Gasteiger partial charge in [-0.25, -0.2) is 4.98 Å². The number of imidazole rings is 1. The van der Waals surface area contributed by atoms with Crippen LogP contribution in [0, 0.1) is 14.9 Å². The molecule has 0 aliphatic carbocycles. The van der Waals surface area contributed by atoms with Crippen LogP contribution in [-0.4, -0.2) is 9.55 Å². The summed E-state index contributed by atoms with van der Waals surface area (Å²) in [7, 11) is 0. The molecule has 0 atom stereocenters. The molecule has 3 aromatic rings. The molecule has 0 amide bonds. The number of halogens is 1. The van der Waals surface area contributed by atoms with E-state index in [1.807, 2.05) is 18.2 Å². The first-order valence-corrected chi connectivity index (χ1v) is 7.41. The average molecular weight is 373 g/mol. The molecule has 3 nitrogen and oxygen atoms in total. The minimum absolute atomic E-state index is 0.332. The quantitative estimate of drug-likeness (QED) is 0.657. The molecule has 98 valence electrons. The number of aromatic nitrogens is 2. The van der Waals surface area contributed by atoms with Crippen molar-refractivity contribution in [2.75, 3.05) is 0 Å². The molecule has 2 aromatic carbocycles. The summed E-state index contributed by atoms with van der Waals surface area (Å²) in [5.74, 6) is 0.826. The van der Waals surface area contributed by atoms with Crippen LogP contribution in [0.2, 0.25) is 0 Å². The molecule has 0 spiro atoms. The lowest BCUT2D eigenvalue weighted by Gasteiger charge is -2.08. The predicted octanol–water partition coefficient (Wildman–Crippen LogP) is 3.76. The van der Waals surface area contributed by atoms with Gasteiger partial charge in [0.15, 0.2) is 0 Å². The van der Waals surface area contributed by atoms with Gasteiger partial charge in [-0.1, -0.05) is 24.3 Å². The van der Waals surface area contributed by atoms with E-state index < -0.39 is 0 Å². The zero-order valence-corrected chi connectivity index (χ0v) is 12.9. The van der Waals surface area contributed by atoms with Crippen molar-refractivity contribution in [2.45, 2.75) is 13.0 Å². The highest BCUT2D eigenvalue weighted by Crippen LogP contribution is 2.18. The van der Waals surface area contributed by atoms with Gasteiger partial charge in [-0.2, -0.15) is 5.26 Å². The highest BCUT2D eigenvalue weighted by molar-refractivity contribution is 14.1. The van der Waals surface area contributed by atoms with Crippen molar-refractivity contribution >= 4 is 33.6 Å². The number of hydrogen-bond donors (Lipinski definition) is 0. The van der Waals surface area contributed by atoms with Crippen LogP contribution in [0.4, 0.5) is 0 Å². The molecule has 1 aromatic heterocycles. The second kappa shape index (κ2) is 5.63. The van der Waals surface area contributed by atoms with Crippen LogP contribution in [0.3, 0.4) is 0 Å². The van der Waals surface area contributed by atoms with Crippen LogP contribution >= 0.6 is 22.6 Å². The molecule has 3 rings (SSSR count). The lowest BCUT2D eigenvalue weighted by Crippen LogP contribution is -2.04. The Labute approximate surface area is 131 Å². The van der Waals surface area contributed by atoms with Gasteiger partial charge in [-0.3, -0.25) is 0 Å². The van der Waals surface area contributed by atoms with E-state index in [2.05, 4.69) is 68.5 Å². The smallest absolute Gasteiger partial charge is 0.124 e. The topological polar surface area (TPSA) is 41.6 Å². The Hall–Kier alpha value is -1.87. The SMILES string of the molecule is N#CCc1nc2ccccc2n1Cc1ccc(I)cc1. The van der Waals surface area contributed by atoms with Crippen LogP contribution in [0.1, 0.15) is 11.4 Å². The summed E-state index contributed by atoms with van der Waals surface area (Å²) in [6.45, 7) is 0.744. The number of fused-ring (bicyclic) bond motifs is 1. The molecular formula is C16H12IN3. The minimum Gasteiger partial charge on any atom is -0.323 e. The first-order valence-electron chi connectivity index (χ1n) is 6.33. The average Bonchev–Trinajstić information content (AvgIpc) is 2.80. The summed E-state index contributed by atoms with van der Waals surface area (Å²) in [5, 5.41) is 8.97. The van der Waals surface area contributed by atoms with Crippen LogP contribution in [0.5, 0.6) is 0 Å².